The van der Waals surface area contributed by atoms with Gasteiger partial charge < -0.3 is 10.4 Å². The van der Waals surface area contributed by atoms with E-state index in [2.05, 4.69) is 5.32 Å². The Morgan fingerprint density at radius 1 is 1.78 bits per heavy atom. The predicted molar refractivity (Wildman–Crippen MR) is 34.9 cm³/mol. The van der Waals surface area contributed by atoms with E-state index in [4.69, 9.17) is 5.11 Å². The molecule has 0 spiro atoms. The molecule has 9 heavy (non-hydrogen) atoms. The molecular weight excluding hydrogens is 118 g/mol. The number of carbonyl (C=O) groups is 1. The highest BCUT2D eigenvalue weighted by atomic mass is 16.3. The lowest BCUT2D eigenvalue weighted by Crippen LogP contribution is -2.25. The van der Waals surface area contributed by atoms with E-state index in [0.717, 1.165) is 0 Å². The number of nitrogens with one attached hydrogen (secondary N) is 1. The van der Waals surface area contributed by atoms with Crippen molar-refractivity contribution in [1.82, 2.24) is 5.32 Å². The van der Waals surface area contributed by atoms with E-state index in [9.17, 15) is 4.79 Å². The summed E-state index contributed by atoms with van der Waals surface area (Å²) in [6.07, 6.45) is 3.63. The van der Waals surface area contributed by atoms with Gasteiger partial charge in [-0.25, -0.2) is 0 Å². The van der Waals surface area contributed by atoms with Crippen LogP contribution < -0.4 is 5.32 Å². The number of aliphatic hydroxyl groups excluding tert-OH is 1. The van der Waals surface area contributed by atoms with Gasteiger partial charge in [0.1, 0.15) is 6.61 Å². The molecule has 0 bridgehead atoms. The minimum Gasteiger partial charge on any atom is -0.387 e. The van der Waals surface area contributed by atoms with Gasteiger partial charge in [-0.15, -0.1) is 0 Å². The van der Waals surface area contributed by atoms with E-state index >= 15 is 0 Å². The summed E-state index contributed by atoms with van der Waals surface area (Å²) in [4.78, 5) is 10.3. The van der Waals surface area contributed by atoms with Gasteiger partial charge in [0.15, 0.2) is 0 Å². The van der Waals surface area contributed by atoms with Crippen LogP contribution in [0.4, 0.5) is 0 Å². The van der Waals surface area contributed by atoms with Gasteiger partial charge in [-0.05, 0) is 6.92 Å². The van der Waals surface area contributed by atoms with Crippen LogP contribution in [-0.2, 0) is 4.79 Å². The van der Waals surface area contributed by atoms with Gasteiger partial charge >= 0.3 is 0 Å². The van der Waals surface area contributed by atoms with Crippen LogP contribution in [0.25, 0.3) is 0 Å². The molecule has 1 amide bonds. The molecule has 2 N–H and O–H groups in total. The summed E-state index contributed by atoms with van der Waals surface area (Å²) in [5.41, 5.74) is 0. The zero-order valence-electron chi connectivity index (χ0n) is 5.42. The molecule has 0 rings (SSSR count). The molecule has 0 aliphatic carbocycles. The monoisotopic (exact) mass is 129 g/mol. The Morgan fingerprint density at radius 2 is 2.44 bits per heavy atom. The van der Waals surface area contributed by atoms with E-state index in [1.54, 1.807) is 6.08 Å². The molecule has 0 unspecified atom stereocenters. The molecule has 52 valence electrons. The van der Waals surface area contributed by atoms with Crippen molar-refractivity contribution >= 4 is 5.91 Å². The fourth-order valence-corrected chi connectivity index (χ4v) is 0.347. The third-order valence-electron chi connectivity index (χ3n) is 0.796. The highest BCUT2D eigenvalue weighted by Crippen LogP contribution is 1.67. The van der Waals surface area contributed by atoms with Gasteiger partial charge in [0, 0.05) is 6.54 Å². The molecule has 3 nitrogen and oxygen atoms in total. The van der Waals surface area contributed by atoms with Crippen molar-refractivity contribution in [2.24, 2.45) is 0 Å². The summed E-state index contributed by atoms with van der Waals surface area (Å²) >= 11 is 0. The van der Waals surface area contributed by atoms with E-state index in [1.165, 1.54) is 0 Å². The first-order valence-corrected chi connectivity index (χ1v) is 2.80. The third-order valence-corrected chi connectivity index (χ3v) is 0.796. The van der Waals surface area contributed by atoms with Crippen molar-refractivity contribution in [2.45, 2.75) is 6.92 Å². The fourth-order valence-electron chi connectivity index (χ4n) is 0.347. The fraction of sp³-hybridized carbons (Fsp3) is 0.500. The van der Waals surface area contributed by atoms with Gasteiger partial charge in [-0.2, -0.15) is 0 Å². The topological polar surface area (TPSA) is 49.3 Å². The Kier molecular flexibility index (Phi) is 4.82. The molecule has 0 aromatic rings. The molecule has 0 aliphatic heterocycles. The molecule has 0 aliphatic rings. The van der Waals surface area contributed by atoms with Crippen molar-refractivity contribution in [2.75, 3.05) is 13.2 Å². The molecule has 0 saturated heterocycles. The summed E-state index contributed by atoms with van der Waals surface area (Å²) in [5.74, 6) is -0.340. The maximum atomic E-state index is 10.3. The quantitative estimate of drug-likeness (QED) is 0.513. The molecule has 0 fully saturated rings. The summed E-state index contributed by atoms with van der Waals surface area (Å²) in [6, 6.07) is 0. The van der Waals surface area contributed by atoms with Crippen molar-refractivity contribution in [3.05, 3.63) is 12.2 Å². The van der Waals surface area contributed by atoms with Crippen LogP contribution in [0, 0.1) is 0 Å². The molecular formula is C6H11NO2. The molecule has 0 radical (unpaired) electrons. The Labute approximate surface area is 54.4 Å². The van der Waals surface area contributed by atoms with Crippen LogP contribution in [0.15, 0.2) is 12.2 Å². The van der Waals surface area contributed by atoms with Crippen LogP contribution in [-0.4, -0.2) is 24.2 Å². The molecule has 0 atom stereocenters. The first-order valence-electron chi connectivity index (χ1n) is 2.80. The van der Waals surface area contributed by atoms with Crippen LogP contribution >= 0.6 is 0 Å². The van der Waals surface area contributed by atoms with Gasteiger partial charge in [0.2, 0.25) is 5.91 Å². The van der Waals surface area contributed by atoms with Gasteiger partial charge in [-0.1, -0.05) is 12.2 Å². The lowest BCUT2D eigenvalue weighted by atomic mass is 10.5. The zero-order chi connectivity index (χ0) is 7.11. The molecule has 3 heteroatoms. The minimum absolute atomic E-state index is 0.340. The SMILES string of the molecule is CC=CCNC(=O)CO. The number of hydrogen-bond acceptors (Lipinski definition) is 2. The van der Waals surface area contributed by atoms with Crippen molar-refractivity contribution < 1.29 is 9.90 Å². The zero-order valence-corrected chi connectivity index (χ0v) is 5.42. The summed E-state index contributed by atoms with van der Waals surface area (Å²) < 4.78 is 0. The maximum absolute atomic E-state index is 10.3. The van der Waals surface area contributed by atoms with E-state index in [1.807, 2.05) is 13.0 Å². The minimum atomic E-state index is -0.433. The van der Waals surface area contributed by atoms with Crippen LogP contribution in [0.3, 0.4) is 0 Å². The Hall–Kier alpha value is -0.830. The number of aliphatic hydroxyl groups is 1. The predicted octanol–water partition coefficient (Wildman–Crippen LogP) is -0.329. The number of carbonyl (C=O) groups excluding carboxylic acids is 1. The largest absolute Gasteiger partial charge is 0.387 e. The molecule has 0 aromatic carbocycles. The molecule has 0 heterocycles. The van der Waals surface area contributed by atoms with Crippen LogP contribution in [0.2, 0.25) is 0 Å². The standard InChI is InChI=1S/C6H11NO2/c1-2-3-4-7-6(9)5-8/h2-3,8H,4-5H2,1H3,(H,7,9). The van der Waals surface area contributed by atoms with Crippen molar-refractivity contribution in [1.29, 1.82) is 0 Å². The number of allylic oxidation sites excluding steroid dienone is 1. The first kappa shape index (κ1) is 8.17. The summed E-state index contributed by atoms with van der Waals surface area (Å²) in [6.45, 7) is 1.93. The number of hydrogen-bond donors (Lipinski definition) is 2. The van der Waals surface area contributed by atoms with Gasteiger partial charge in [0.05, 0.1) is 0 Å². The Bertz CT molecular complexity index is 110. The second-order valence-electron chi connectivity index (χ2n) is 1.53. The highest BCUT2D eigenvalue weighted by molar-refractivity contribution is 5.76. The highest BCUT2D eigenvalue weighted by Gasteiger charge is 1.91. The number of amides is 1. The van der Waals surface area contributed by atoms with Crippen LogP contribution in [0.1, 0.15) is 6.92 Å². The second kappa shape index (κ2) is 5.31. The van der Waals surface area contributed by atoms with E-state index in [-0.39, 0.29) is 5.91 Å². The lowest BCUT2D eigenvalue weighted by molar-refractivity contribution is -0.123. The van der Waals surface area contributed by atoms with Crippen molar-refractivity contribution in [3.63, 3.8) is 0 Å². The van der Waals surface area contributed by atoms with E-state index < -0.39 is 6.61 Å². The summed E-state index contributed by atoms with van der Waals surface area (Å²) in [7, 11) is 0. The van der Waals surface area contributed by atoms with Gasteiger partial charge in [-0.3, -0.25) is 4.79 Å². The second-order valence-corrected chi connectivity index (χ2v) is 1.53. The van der Waals surface area contributed by atoms with Crippen LogP contribution in [0.5, 0.6) is 0 Å². The Balaban J connectivity index is 3.17. The maximum Gasteiger partial charge on any atom is 0.245 e. The normalized spacial score (nSPS) is 10.0. The summed E-state index contributed by atoms with van der Waals surface area (Å²) in [5, 5.41) is 10.7. The van der Waals surface area contributed by atoms with Crippen molar-refractivity contribution in [3.8, 4) is 0 Å². The average Bonchev–Trinajstić information content (AvgIpc) is 1.89. The first-order chi connectivity index (χ1) is 4.31. The molecule has 0 saturated carbocycles. The smallest absolute Gasteiger partial charge is 0.245 e. The third kappa shape index (κ3) is 5.03. The lowest BCUT2D eigenvalue weighted by Gasteiger charge is -1.95. The average molecular weight is 129 g/mol. The molecule has 0 aromatic heterocycles. The Morgan fingerprint density at radius 3 is 2.89 bits per heavy atom. The number of rotatable bonds is 3. The van der Waals surface area contributed by atoms with Gasteiger partial charge in [0.25, 0.3) is 0 Å². The van der Waals surface area contributed by atoms with E-state index in [0.29, 0.717) is 6.54 Å².